The minimum absolute atomic E-state index is 0. The van der Waals surface area contributed by atoms with Crippen molar-refractivity contribution in [1.29, 1.82) is 0 Å². The monoisotopic (exact) mass is 1990 g/mol. The van der Waals surface area contributed by atoms with E-state index in [0.717, 1.165) is 218 Å². The molecule has 5 aromatic carbocycles. The number of imidazole rings is 1. The molecule has 5 saturated carbocycles. The molecule has 0 radical (unpaired) electrons. The lowest BCUT2D eigenvalue weighted by molar-refractivity contribution is 0.684. The Labute approximate surface area is 837 Å². The third-order valence-electron chi connectivity index (χ3n) is 23.4. The first-order valence-corrected chi connectivity index (χ1v) is 42.5. The number of fused-ring (bicyclic) bond motifs is 7. The van der Waals surface area contributed by atoms with Gasteiger partial charge in [-0.1, -0.05) is 102 Å². The number of benzene rings is 5. The standard InChI is InChI=1S/C21H22N6.C21H21N5.C17H17Cl2N5.C15H19N7.C15H24N6.10H2S/c22-15-8-9-16(12-15)24-21-13-19(26-20-10-11-23-27(20)21)25-18-7-3-5-14-4-1-2-6-17(14)18;22-15-8-9-16(12-15)24-21-13-19(25-20-10-11-23-26(20)21)18-7-3-5-14-4-1-2-6-17(14)18;18-11-5-10(6-12(19)7-11)15-9-17(22-14-2-1-13(20)8-14)24-16(23-15)3-4-21-24;1-21-9-17-8-13(21)12-7-15(19-11-3-2-10(16)6-11)22-14(20-12)4-5-18-22;1-3-20(4-2)14-10-15(18-12-6-5-11(16)9-12)21-13(19-14)7-8-17-21;;;;;;;;;;/h1-7,10-11,13,15-16,24H,8-9,12,22H2,(H,25,26);1-7,10-11,13,15-16,24H,8-9,12,22H2;3-7,9,13-14,22H,1-2,8,20H2;4-5,7-11,19H,2-3,6,16H2,1H3;7-8,10-12,18H,3-6,9,16H2,1-2H3;10*1H2/t2*15-,16-;13-,14-;10-,11-;11-,12-;;;;;;;;;;/m00000........../s1. The molecular weight excluding hydrogens is 1870 g/mol. The molecule has 0 aliphatic heterocycles. The summed E-state index contributed by atoms with van der Waals surface area (Å²) >= 11 is 12.3. The number of nitrogens with two attached hydrogens (primary N) is 5. The predicted octanol–water partition coefficient (Wildman–Crippen LogP) is 16.2. The summed E-state index contributed by atoms with van der Waals surface area (Å²) < 4.78 is 11.2. The number of hydrogen-bond donors (Lipinski definition) is 11. The Morgan fingerprint density at radius 1 is 0.369 bits per heavy atom. The average Bonchev–Trinajstić information content (AvgIpc) is 1.47. The predicted molar refractivity (Wildman–Crippen MR) is 586 cm³/mol. The molecule has 11 aromatic heterocycles. The van der Waals surface area contributed by atoms with E-state index >= 15 is 0 Å². The molecule has 11 heterocycles. The summed E-state index contributed by atoms with van der Waals surface area (Å²) in [5.41, 5.74) is 41.0. The fraction of sp³-hybridized carbons (Fsp3) is 0.337. The minimum atomic E-state index is 0. The molecule has 41 heteroatoms. The van der Waals surface area contributed by atoms with Crippen molar-refractivity contribution in [2.75, 3.05) is 49.9 Å². The third kappa shape index (κ3) is 25.9. The van der Waals surface area contributed by atoms with Crippen molar-refractivity contribution in [2.45, 2.75) is 171 Å². The SMILES string of the molecule is CCN(CC)c1cc(N[C@H]2CC[C@H](N)C2)n2nccc2n1.Cn1cncc1-c1cc(N[C@H]2CC[C@H](N)C2)n2nccc2n1.N[C@H]1CC[C@H](Nc2cc(-c3cc(Cl)cc(Cl)c3)nc3ccnn23)C1.N[C@H]1CC[C@H](Nc2cc(-c3cccc4ccccc34)nc3ccnn23)C1.N[C@H]1CC[C@H](Nc2cc(Nc3cccc4ccccc34)nc3ccnn23)C1.S.S.S.S.S.S.S.S.S.S. The van der Waals surface area contributed by atoms with Gasteiger partial charge in [0.2, 0.25) is 0 Å². The van der Waals surface area contributed by atoms with Crippen molar-refractivity contribution < 1.29 is 0 Å². The molecular formula is C89H123Cl2N29S10. The van der Waals surface area contributed by atoms with Crippen LogP contribution in [0.25, 0.3) is 83.7 Å². The maximum atomic E-state index is 6.13. The van der Waals surface area contributed by atoms with Crippen LogP contribution < -0.4 is 65.5 Å². The van der Waals surface area contributed by atoms with Gasteiger partial charge in [0.05, 0.1) is 66.3 Å². The van der Waals surface area contributed by atoms with Gasteiger partial charge in [-0.25, -0.2) is 29.9 Å². The Balaban J connectivity index is 0.000000219. The summed E-state index contributed by atoms with van der Waals surface area (Å²) in [6.07, 6.45) is 28.2. The smallest absolute Gasteiger partial charge is 0.159 e. The molecule has 5 aliphatic carbocycles. The molecule has 0 unspecified atom stereocenters. The molecule has 0 bridgehead atoms. The second-order valence-corrected chi connectivity index (χ2v) is 33.0. The lowest BCUT2D eigenvalue weighted by Gasteiger charge is -2.22. The Morgan fingerprint density at radius 2 is 0.723 bits per heavy atom. The highest BCUT2D eigenvalue weighted by atomic mass is 35.5. The first kappa shape index (κ1) is 108. The largest absolute Gasteiger partial charge is 0.367 e. The number of anilines is 8. The summed E-state index contributed by atoms with van der Waals surface area (Å²) in [5.74, 6) is 6.56. The number of hydrogen-bond acceptors (Lipinski definition) is 23. The average molecular weight is 1990 g/mol. The van der Waals surface area contributed by atoms with Gasteiger partial charge in [-0.2, -0.15) is 183 Å². The van der Waals surface area contributed by atoms with Crippen LogP contribution in [0.3, 0.4) is 0 Å². The number of aryl methyl sites for hydroxylation is 1. The van der Waals surface area contributed by atoms with E-state index in [-0.39, 0.29) is 147 Å². The van der Waals surface area contributed by atoms with E-state index in [9.17, 15) is 0 Å². The van der Waals surface area contributed by atoms with Crippen LogP contribution in [0.15, 0.2) is 207 Å². The van der Waals surface area contributed by atoms with Crippen LogP contribution in [0.4, 0.5) is 46.4 Å². The van der Waals surface area contributed by atoms with Crippen molar-refractivity contribution in [2.24, 2.45) is 35.7 Å². The Morgan fingerprint density at radius 3 is 1.14 bits per heavy atom. The number of rotatable bonds is 18. The molecule has 21 rings (SSSR count). The normalized spacial score (nSPS) is 19.1. The van der Waals surface area contributed by atoms with Crippen LogP contribution in [0.5, 0.6) is 0 Å². The summed E-state index contributed by atoms with van der Waals surface area (Å²) in [7, 11) is 1.97. The second-order valence-electron chi connectivity index (χ2n) is 32.1. The van der Waals surface area contributed by atoms with E-state index in [1.54, 1.807) is 47.9 Å². The van der Waals surface area contributed by atoms with Crippen molar-refractivity contribution in [1.82, 2.24) is 82.5 Å². The van der Waals surface area contributed by atoms with Gasteiger partial charge in [0.15, 0.2) is 28.2 Å². The summed E-state index contributed by atoms with van der Waals surface area (Å²) in [5, 5.41) is 49.4. The third-order valence-corrected chi connectivity index (χ3v) is 23.8. The topological polar surface area (TPSA) is 374 Å². The summed E-state index contributed by atoms with van der Waals surface area (Å²) in [6, 6.07) is 58.0. The molecule has 698 valence electrons. The van der Waals surface area contributed by atoms with E-state index in [1.807, 2.05) is 96.5 Å². The van der Waals surface area contributed by atoms with Crippen LogP contribution in [0, 0.1) is 0 Å². The molecule has 0 spiro atoms. The highest BCUT2D eigenvalue weighted by Crippen LogP contribution is 2.36. The Bertz CT molecular complexity index is 6220. The van der Waals surface area contributed by atoms with Gasteiger partial charge in [0.1, 0.15) is 40.7 Å². The number of halogens is 2. The number of nitrogens with one attached hydrogen (secondary N) is 6. The lowest BCUT2D eigenvalue weighted by Crippen LogP contribution is -2.25. The summed E-state index contributed by atoms with van der Waals surface area (Å²) in [6.45, 7) is 6.19. The molecule has 29 nitrogen and oxygen atoms in total. The molecule has 130 heavy (non-hydrogen) atoms. The first-order valence-electron chi connectivity index (χ1n) is 41.8. The maximum absolute atomic E-state index is 6.13. The molecule has 5 aliphatic rings. The van der Waals surface area contributed by atoms with Gasteiger partial charge in [-0.3, -0.25) is 0 Å². The van der Waals surface area contributed by atoms with Gasteiger partial charge < -0.3 is 70.0 Å². The van der Waals surface area contributed by atoms with Crippen LogP contribution in [0.2, 0.25) is 10.0 Å². The second kappa shape index (κ2) is 49.9. The lowest BCUT2D eigenvalue weighted by atomic mass is 10.0. The van der Waals surface area contributed by atoms with Crippen molar-refractivity contribution in [3.63, 3.8) is 0 Å². The Kier molecular flexibility index (Phi) is 41.7. The van der Waals surface area contributed by atoms with E-state index in [2.05, 4.69) is 193 Å². The molecule has 10 atom stereocenters. The highest BCUT2D eigenvalue weighted by molar-refractivity contribution is 7.60. The highest BCUT2D eigenvalue weighted by Gasteiger charge is 2.29. The zero-order chi connectivity index (χ0) is 82.3. The zero-order valence-electron chi connectivity index (χ0n) is 72.6. The van der Waals surface area contributed by atoms with E-state index in [0.29, 0.717) is 58.4 Å². The molecule has 5 fully saturated rings. The fourth-order valence-corrected chi connectivity index (χ4v) is 17.8. The van der Waals surface area contributed by atoms with Crippen molar-refractivity contribution in [3.8, 4) is 33.9 Å². The zero-order valence-corrected chi connectivity index (χ0v) is 84.1. The maximum Gasteiger partial charge on any atom is 0.159 e. The van der Waals surface area contributed by atoms with Crippen LogP contribution >= 0.6 is 158 Å². The quantitative estimate of drug-likeness (QED) is 0.0380. The van der Waals surface area contributed by atoms with E-state index in [1.165, 1.54) is 21.5 Å². The van der Waals surface area contributed by atoms with Crippen molar-refractivity contribution >= 4 is 254 Å². The number of nitrogens with zero attached hydrogens (tertiary/aromatic N) is 18. The van der Waals surface area contributed by atoms with Gasteiger partial charge in [0.25, 0.3) is 0 Å². The molecule has 0 saturated heterocycles. The van der Waals surface area contributed by atoms with Crippen molar-refractivity contribution in [3.05, 3.63) is 217 Å². The first-order chi connectivity index (χ1) is 58.5. The molecule has 0 amide bonds. The van der Waals surface area contributed by atoms with E-state index in [4.69, 9.17) is 61.8 Å². The van der Waals surface area contributed by atoms with Gasteiger partial charge in [-0.05, 0) is 151 Å². The van der Waals surface area contributed by atoms with Crippen LogP contribution in [-0.4, -0.2) is 156 Å². The van der Waals surface area contributed by atoms with Gasteiger partial charge >= 0.3 is 0 Å². The summed E-state index contributed by atoms with van der Waals surface area (Å²) in [4.78, 5) is 30.0. The van der Waals surface area contributed by atoms with Crippen LogP contribution in [-0.2, 0) is 7.05 Å². The minimum Gasteiger partial charge on any atom is -0.367 e. The van der Waals surface area contributed by atoms with Gasteiger partial charge in [0, 0.05) is 173 Å². The van der Waals surface area contributed by atoms with Gasteiger partial charge in [-0.15, -0.1) is 0 Å². The molecule has 16 N–H and O–H groups in total. The number of aromatic nitrogens is 17. The Hall–Kier alpha value is -8.59. The molecule has 16 aromatic rings. The van der Waals surface area contributed by atoms with E-state index < -0.39 is 0 Å². The fourth-order valence-electron chi connectivity index (χ4n) is 17.3. The van der Waals surface area contributed by atoms with Crippen LogP contribution in [0.1, 0.15) is 110 Å².